The molecule has 38 heavy (non-hydrogen) atoms. The van der Waals surface area contributed by atoms with Gasteiger partial charge in [0.25, 0.3) is 0 Å². The first-order valence-corrected chi connectivity index (χ1v) is 12.9. The number of aliphatic hydroxyl groups is 1. The number of para-hydroxylation sites is 2. The molecule has 1 radical (unpaired) electrons. The fraction of sp³-hybridized carbons (Fsp3) is 0.273. The number of hydrogen-bond donors (Lipinski definition) is 1. The number of ketones is 1. The molecule has 1 aliphatic rings. The van der Waals surface area contributed by atoms with Gasteiger partial charge in [-0.25, -0.2) is 0 Å². The van der Waals surface area contributed by atoms with Crippen LogP contribution in [0.5, 0.6) is 0 Å². The molecule has 0 atom stereocenters. The Morgan fingerprint density at radius 3 is 2.37 bits per heavy atom. The maximum atomic E-state index is 10.0. The van der Waals surface area contributed by atoms with E-state index in [2.05, 4.69) is 74.5 Å². The van der Waals surface area contributed by atoms with Gasteiger partial charge in [0, 0.05) is 48.0 Å². The Kier molecular flexibility index (Phi) is 8.50. The van der Waals surface area contributed by atoms with Crippen LogP contribution >= 0.6 is 0 Å². The maximum absolute atomic E-state index is 10.0. The molecule has 0 bridgehead atoms. The van der Waals surface area contributed by atoms with Gasteiger partial charge in [-0.2, -0.15) is 0 Å². The zero-order valence-corrected chi connectivity index (χ0v) is 24.6. The van der Waals surface area contributed by atoms with Crippen LogP contribution in [0.4, 0.5) is 0 Å². The predicted octanol–water partition coefficient (Wildman–Crippen LogP) is 8.91. The Bertz CT molecular complexity index is 1630. The molecule has 6 rings (SSSR count). The maximum Gasteiger partial charge on any atom is 0.155 e. The van der Waals surface area contributed by atoms with Crippen molar-refractivity contribution in [3.05, 3.63) is 89.2 Å². The number of pyridine rings is 1. The molecule has 2 heterocycles. The third kappa shape index (κ3) is 5.60. The van der Waals surface area contributed by atoms with E-state index in [1.165, 1.54) is 67.5 Å². The van der Waals surface area contributed by atoms with Crippen LogP contribution in [0, 0.1) is 19.9 Å². The van der Waals surface area contributed by atoms with Gasteiger partial charge in [0.05, 0.1) is 11.3 Å². The Labute approximate surface area is 237 Å². The zero-order chi connectivity index (χ0) is 26.1. The van der Waals surface area contributed by atoms with Crippen LogP contribution in [0.2, 0.25) is 0 Å². The van der Waals surface area contributed by atoms with E-state index >= 15 is 0 Å². The number of aliphatic hydroxyl groups excluding tert-OH is 1. The number of fused-ring (bicyclic) bond motifs is 5. The van der Waals surface area contributed by atoms with E-state index in [0.717, 1.165) is 38.9 Å². The van der Waals surface area contributed by atoms with Crippen molar-refractivity contribution in [3.63, 3.8) is 0 Å². The van der Waals surface area contributed by atoms with Crippen molar-refractivity contribution in [2.75, 3.05) is 0 Å². The van der Waals surface area contributed by atoms with Gasteiger partial charge in [-0.15, -0.1) is 34.9 Å². The molecule has 5 heteroatoms. The van der Waals surface area contributed by atoms with E-state index in [1.54, 1.807) is 0 Å². The van der Waals surface area contributed by atoms with Crippen molar-refractivity contribution >= 4 is 38.6 Å². The van der Waals surface area contributed by atoms with Crippen molar-refractivity contribution in [1.29, 1.82) is 0 Å². The number of aryl methyl sites for hydroxylation is 2. The monoisotopic (exact) mass is 683 g/mol. The van der Waals surface area contributed by atoms with Crippen molar-refractivity contribution < 1.29 is 34.4 Å². The quantitative estimate of drug-likeness (QED) is 0.117. The van der Waals surface area contributed by atoms with Crippen LogP contribution in [-0.2, 0) is 24.9 Å². The van der Waals surface area contributed by atoms with Gasteiger partial charge in [-0.1, -0.05) is 63.1 Å². The van der Waals surface area contributed by atoms with Crippen LogP contribution in [0.1, 0.15) is 62.1 Å². The summed E-state index contributed by atoms with van der Waals surface area (Å²) in [6.07, 6.45) is 6.31. The summed E-state index contributed by atoms with van der Waals surface area (Å²) >= 11 is 0. The van der Waals surface area contributed by atoms with E-state index in [4.69, 9.17) is 14.5 Å². The number of hydrogen-bond acceptors (Lipinski definition) is 4. The van der Waals surface area contributed by atoms with Crippen LogP contribution in [0.25, 0.3) is 44.1 Å². The third-order valence-corrected chi connectivity index (χ3v) is 6.98. The van der Waals surface area contributed by atoms with Crippen molar-refractivity contribution in [2.24, 2.45) is 0 Å². The molecule has 0 spiro atoms. The molecule has 3 aromatic carbocycles. The standard InChI is InChI=1S/C28H24NO.C5H8O2.Ir/c1-17-14-18(2)16-20(15-17)26-28-25(22-10-5-6-13-24(22)29-26)23-12-7-11-21(27(23)30-28)19-8-3-4-9-19;1-4(6)3-5(2)7;/h5-7,10-15,19H,3-4,8-9H2,1-2H3;3,6H,1-2H3;/q-1;;/b;4-3-;. The zero-order valence-electron chi connectivity index (χ0n) is 22.2. The second-order valence-corrected chi connectivity index (χ2v) is 10.1. The van der Waals surface area contributed by atoms with E-state index in [-0.39, 0.29) is 31.6 Å². The smallest absolute Gasteiger partial charge is 0.155 e. The van der Waals surface area contributed by atoms with E-state index in [9.17, 15) is 4.79 Å². The summed E-state index contributed by atoms with van der Waals surface area (Å²) in [5, 5.41) is 11.9. The van der Waals surface area contributed by atoms with Gasteiger partial charge in [0.15, 0.2) is 5.78 Å². The predicted molar refractivity (Wildman–Crippen MR) is 151 cm³/mol. The van der Waals surface area contributed by atoms with Gasteiger partial charge in [-0.3, -0.25) is 9.78 Å². The first-order chi connectivity index (χ1) is 17.8. The Balaban J connectivity index is 0.000000375. The summed E-state index contributed by atoms with van der Waals surface area (Å²) in [6, 6.07) is 22.9. The van der Waals surface area contributed by atoms with Crippen LogP contribution in [0.15, 0.2) is 70.8 Å². The Morgan fingerprint density at radius 2 is 1.71 bits per heavy atom. The molecule has 197 valence electrons. The number of aromatic nitrogens is 1. The van der Waals surface area contributed by atoms with Crippen molar-refractivity contribution in [2.45, 2.75) is 59.3 Å². The number of benzene rings is 3. The van der Waals surface area contributed by atoms with Crippen molar-refractivity contribution in [1.82, 2.24) is 4.98 Å². The minimum atomic E-state index is -0.125. The van der Waals surface area contributed by atoms with Crippen molar-refractivity contribution in [3.8, 4) is 11.3 Å². The van der Waals surface area contributed by atoms with Gasteiger partial charge in [-0.05, 0) is 44.2 Å². The minimum Gasteiger partial charge on any atom is -0.512 e. The minimum absolute atomic E-state index is 0. The molecular weight excluding hydrogens is 651 g/mol. The molecule has 1 aliphatic carbocycles. The molecule has 2 aromatic heterocycles. The topological polar surface area (TPSA) is 63.3 Å². The average Bonchev–Trinajstić information content (AvgIpc) is 3.51. The molecule has 4 nitrogen and oxygen atoms in total. The number of furan rings is 1. The molecule has 0 amide bonds. The largest absolute Gasteiger partial charge is 0.512 e. The van der Waals surface area contributed by atoms with Crippen LogP contribution in [0.3, 0.4) is 0 Å². The number of nitrogens with zero attached hydrogens (tertiary/aromatic N) is 1. The SMILES string of the molecule is CC(=O)/C=C(/C)O.Cc1[c-]c(-c2nc3ccccc3c3c2oc2c(C4CCCC4)cccc23)cc(C)c1.[Ir]. The normalized spacial score (nSPS) is 13.9. The molecule has 5 aromatic rings. The van der Waals surface area contributed by atoms with E-state index in [0.29, 0.717) is 5.92 Å². The third-order valence-electron chi connectivity index (χ3n) is 6.98. The molecular formula is C33H32IrNO3-. The summed E-state index contributed by atoms with van der Waals surface area (Å²) in [5.41, 5.74) is 8.53. The van der Waals surface area contributed by atoms with Gasteiger partial charge in [0.1, 0.15) is 11.2 Å². The summed E-state index contributed by atoms with van der Waals surface area (Å²) in [5.74, 6) is 0.539. The molecule has 1 saturated carbocycles. The van der Waals surface area contributed by atoms with Crippen LogP contribution in [-0.4, -0.2) is 15.9 Å². The van der Waals surface area contributed by atoms with Gasteiger partial charge in [0.2, 0.25) is 0 Å². The number of rotatable bonds is 3. The van der Waals surface area contributed by atoms with Gasteiger partial charge < -0.3 is 9.52 Å². The first-order valence-electron chi connectivity index (χ1n) is 12.9. The fourth-order valence-corrected chi connectivity index (χ4v) is 5.59. The molecule has 0 saturated heterocycles. The number of carbonyl (C=O) groups is 1. The average molecular weight is 683 g/mol. The summed E-state index contributed by atoms with van der Waals surface area (Å²) in [6.45, 7) is 7.06. The molecule has 1 fully saturated rings. The second kappa shape index (κ2) is 11.6. The van der Waals surface area contributed by atoms with Crippen LogP contribution < -0.4 is 0 Å². The summed E-state index contributed by atoms with van der Waals surface area (Å²) in [7, 11) is 0. The molecule has 0 unspecified atom stereocenters. The Morgan fingerprint density at radius 1 is 1.00 bits per heavy atom. The molecule has 1 N–H and O–H groups in total. The van der Waals surface area contributed by atoms with Gasteiger partial charge >= 0.3 is 0 Å². The Hall–Kier alpha value is -3.27. The first kappa shape index (κ1) is 27.8. The van der Waals surface area contributed by atoms with E-state index in [1.807, 2.05) is 0 Å². The number of carbonyl (C=O) groups excluding carboxylic acids is 1. The van der Waals surface area contributed by atoms with E-state index < -0.39 is 0 Å². The summed E-state index contributed by atoms with van der Waals surface area (Å²) in [4.78, 5) is 15.1. The summed E-state index contributed by atoms with van der Waals surface area (Å²) < 4.78 is 6.69. The number of allylic oxidation sites excluding steroid dienone is 2. The second-order valence-electron chi connectivity index (χ2n) is 10.1. The molecule has 0 aliphatic heterocycles. The fourth-order valence-electron chi connectivity index (χ4n) is 5.59.